The first kappa shape index (κ1) is 15.3. The third kappa shape index (κ3) is 3.26. The Bertz CT molecular complexity index is 722. The molecule has 0 aromatic heterocycles. The molecule has 118 valence electrons. The van der Waals surface area contributed by atoms with E-state index in [0.29, 0.717) is 11.3 Å². The van der Waals surface area contributed by atoms with Crippen LogP contribution in [-0.2, 0) is 11.2 Å². The van der Waals surface area contributed by atoms with Crippen molar-refractivity contribution in [3.8, 4) is 0 Å². The zero-order valence-corrected chi connectivity index (χ0v) is 13.1. The molecule has 0 aliphatic heterocycles. The highest BCUT2D eigenvalue weighted by atomic mass is 16.2. The second kappa shape index (κ2) is 6.65. The van der Waals surface area contributed by atoms with E-state index in [2.05, 4.69) is 16.7 Å². The van der Waals surface area contributed by atoms with E-state index in [1.807, 2.05) is 18.2 Å². The minimum absolute atomic E-state index is 0.0184. The molecule has 1 aliphatic rings. The molecule has 0 saturated carbocycles. The highest BCUT2D eigenvalue weighted by Gasteiger charge is 2.26. The number of aryl methyl sites for hydroxylation is 1. The number of carbonyl (C=O) groups excluding carboxylic acids is 2. The molecular weight excluding hydrogens is 288 g/mol. The molecule has 1 aliphatic carbocycles. The Morgan fingerprint density at radius 2 is 1.78 bits per heavy atom. The molecular formula is C19H20N2O2. The number of nitrogens with one attached hydrogen (secondary N) is 2. The van der Waals surface area contributed by atoms with Gasteiger partial charge in [-0.1, -0.05) is 24.3 Å². The molecule has 2 aromatic rings. The SMILES string of the molecule is CNC(=O)c1ccc(NC(=O)C2CCCc3ccccc32)cc1. The lowest BCUT2D eigenvalue weighted by atomic mass is 9.82. The lowest BCUT2D eigenvalue weighted by molar-refractivity contribution is -0.117. The summed E-state index contributed by atoms with van der Waals surface area (Å²) in [5.74, 6) is -0.215. The molecule has 4 heteroatoms. The standard InChI is InChI=1S/C19H20N2O2/c1-20-18(22)14-9-11-15(12-10-14)21-19(23)17-8-4-6-13-5-2-3-7-16(13)17/h2-3,5,7,9-12,17H,4,6,8H2,1H3,(H,20,22)(H,21,23). The molecule has 0 radical (unpaired) electrons. The second-order valence-electron chi connectivity index (χ2n) is 5.79. The lowest BCUT2D eigenvalue weighted by Crippen LogP contribution is -2.24. The van der Waals surface area contributed by atoms with Crippen LogP contribution >= 0.6 is 0 Å². The molecule has 0 bridgehead atoms. The van der Waals surface area contributed by atoms with E-state index in [9.17, 15) is 9.59 Å². The summed E-state index contributed by atoms with van der Waals surface area (Å²) in [5, 5.41) is 5.54. The van der Waals surface area contributed by atoms with Crippen LogP contribution in [-0.4, -0.2) is 18.9 Å². The van der Waals surface area contributed by atoms with Gasteiger partial charge in [0.25, 0.3) is 5.91 Å². The van der Waals surface area contributed by atoms with Crippen LogP contribution < -0.4 is 10.6 Å². The molecule has 3 rings (SSSR count). The Labute approximate surface area is 135 Å². The second-order valence-corrected chi connectivity index (χ2v) is 5.79. The van der Waals surface area contributed by atoms with Crippen molar-refractivity contribution in [3.05, 3.63) is 65.2 Å². The maximum atomic E-state index is 12.6. The molecule has 0 fully saturated rings. The van der Waals surface area contributed by atoms with Crippen LogP contribution in [0.2, 0.25) is 0 Å². The van der Waals surface area contributed by atoms with Crippen molar-refractivity contribution in [2.24, 2.45) is 0 Å². The lowest BCUT2D eigenvalue weighted by Gasteiger charge is -2.24. The Morgan fingerprint density at radius 3 is 2.52 bits per heavy atom. The summed E-state index contributed by atoms with van der Waals surface area (Å²) in [6.07, 6.45) is 2.95. The average molecular weight is 308 g/mol. The van der Waals surface area contributed by atoms with E-state index in [1.165, 1.54) is 5.56 Å². The fourth-order valence-corrected chi connectivity index (χ4v) is 3.10. The number of benzene rings is 2. The quantitative estimate of drug-likeness (QED) is 0.915. The van der Waals surface area contributed by atoms with Gasteiger partial charge in [0.05, 0.1) is 5.92 Å². The zero-order chi connectivity index (χ0) is 16.2. The van der Waals surface area contributed by atoms with E-state index in [0.717, 1.165) is 24.8 Å². The monoisotopic (exact) mass is 308 g/mol. The normalized spacial score (nSPS) is 16.3. The van der Waals surface area contributed by atoms with Crippen molar-refractivity contribution in [2.75, 3.05) is 12.4 Å². The molecule has 23 heavy (non-hydrogen) atoms. The minimum Gasteiger partial charge on any atom is -0.355 e. The van der Waals surface area contributed by atoms with Crippen LogP contribution in [0, 0.1) is 0 Å². The third-order valence-electron chi connectivity index (χ3n) is 4.33. The number of carbonyl (C=O) groups is 2. The summed E-state index contributed by atoms with van der Waals surface area (Å²) in [6, 6.07) is 15.1. The molecule has 2 N–H and O–H groups in total. The van der Waals surface area contributed by atoms with Crippen LogP contribution in [0.3, 0.4) is 0 Å². The van der Waals surface area contributed by atoms with Gasteiger partial charge in [-0.2, -0.15) is 0 Å². The first-order valence-electron chi connectivity index (χ1n) is 7.90. The number of hydrogen-bond donors (Lipinski definition) is 2. The number of anilines is 1. The summed E-state index contributed by atoms with van der Waals surface area (Å²) < 4.78 is 0. The van der Waals surface area contributed by atoms with Crippen molar-refractivity contribution >= 4 is 17.5 Å². The van der Waals surface area contributed by atoms with Crippen molar-refractivity contribution in [2.45, 2.75) is 25.2 Å². The fraction of sp³-hybridized carbons (Fsp3) is 0.263. The summed E-state index contributed by atoms with van der Waals surface area (Å²) in [7, 11) is 1.60. The summed E-state index contributed by atoms with van der Waals surface area (Å²) in [5.41, 5.74) is 3.70. The predicted molar refractivity (Wildman–Crippen MR) is 90.6 cm³/mol. The molecule has 2 amide bonds. The van der Waals surface area contributed by atoms with Crippen LogP contribution in [0.1, 0.15) is 40.2 Å². The van der Waals surface area contributed by atoms with E-state index in [-0.39, 0.29) is 17.7 Å². The molecule has 1 unspecified atom stereocenters. The van der Waals surface area contributed by atoms with E-state index in [1.54, 1.807) is 31.3 Å². The molecule has 4 nitrogen and oxygen atoms in total. The van der Waals surface area contributed by atoms with Gasteiger partial charge >= 0.3 is 0 Å². The molecule has 2 aromatic carbocycles. The van der Waals surface area contributed by atoms with Crippen molar-refractivity contribution in [1.29, 1.82) is 0 Å². The maximum Gasteiger partial charge on any atom is 0.251 e. The average Bonchev–Trinajstić information content (AvgIpc) is 2.61. The van der Waals surface area contributed by atoms with E-state index >= 15 is 0 Å². The first-order valence-corrected chi connectivity index (χ1v) is 7.90. The molecule has 0 spiro atoms. The van der Waals surface area contributed by atoms with Gasteiger partial charge in [-0.05, 0) is 54.7 Å². The maximum absolute atomic E-state index is 12.6. The molecule has 1 atom stereocenters. The third-order valence-corrected chi connectivity index (χ3v) is 4.33. The number of rotatable bonds is 3. The van der Waals surface area contributed by atoms with Gasteiger partial charge in [0.2, 0.25) is 5.91 Å². The minimum atomic E-state index is -0.135. The topological polar surface area (TPSA) is 58.2 Å². The summed E-state index contributed by atoms with van der Waals surface area (Å²) in [6.45, 7) is 0. The highest BCUT2D eigenvalue weighted by molar-refractivity contribution is 5.97. The fourth-order valence-electron chi connectivity index (χ4n) is 3.10. The van der Waals surface area contributed by atoms with Gasteiger partial charge in [-0.3, -0.25) is 9.59 Å². The van der Waals surface area contributed by atoms with E-state index < -0.39 is 0 Å². The van der Waals surface area contributed by atoms with Crippen molar-refractivity contribution < 1.29 is 9.59 Å². The Kier molecular flexibility index (Phi) is 4.42. The smallest absolute Gasteiger partial charge is 0.251 e. The van der Waals surface area contributed by atoms with Gasteiger partial charge < -0.3 is 10.6 Å². The summed E-state index contributed by atoms with van der Waals surface area (Å²) in [4.78, 5) is 24.1. The first-order chi connectivity index (χ1) is 11.2. The Hall–Kier alpha value is -2.62. The van der Waals surface area contributed by atoms with Gasteiger partial charge in [-0.15, -0.1) is 0 Å². The van der Waals surface area contributed by atoms with Gasteiger partial charge in [-0.25, -0.2) is 0 Å². The van der Waals surface area contributed by atoms with Crippen molar-refractivity contribution in [1.82, 2.24) is 5.32 Å². The number of amides is 2. The van der Waals surface area contributed by atoms with E-state index in [4.69, 9.17) is 0 Å². The van der Waals surface area contributed by atoms with Crippen LogP contribution in [0.5, 0.6) is 0 Å². The molecule has 0 saturated heterocycles. The van der Waals surface area contributed by atoms with Crippen LogP contribution in [0.15, 0.2) is 48.5 Å². The largest absolute Gasteiger partial charge is 0.355 e. The number of hydrogen-bond acceptors (Lipinski definition) is 2. The van der Waals surface area contributed by atoms with Gasteiger partial charge in [0.1, 0.15) is 0 Å². The highest BCUT2D eigenvalue weighted by Crippen LogP contribution is 2.32. The summed E-state index contributed by atoms with van der Waals surface area (Å²) >= 11 is 0. The van der Waals surface area contributed by atoms with Gasteiger partial charge in [0.15, 0.2) is 0 Å². The molecule has 0 heterocycles. The van der Waals surface area contributed by atoms with Crippen LogP contribution in [0.25, 0.3) is 0 Å². The van der Waals surface area contributed by atoms with Crippen molar-refractivity contribution in [3.63, 3.8) is 0 Å². The van der Waals surface area contributed by atoms with Gasteiger partial charge in [0, 0.05) is 18.3 Å². The Balaban J connectivity index is 1.74. The Morgan fingerprint density at radius 1 is 1.04 bits per heavy atom. The number of fused-ring (bicyclic) bond motifs is 1. The van der Waals surface area contributed by atoms with Crippen LogP contribution in [0.4, 0.5) is 5.69 Å². The predicted octanol–water partition coefficient (Wildman–Crippen LogP) is 3.10. The zero-order valence-electron chi connectivity index (χ0n) is 13.1.